The van der Waals surface area contributed by atoms with Crippen molar-refractivity contribution in [1.29, 1.82) is 0 Å². The van der Waals surface area contributed by atoms with E-state index in [2.05, 4.69) is 43.5 Å². The highest BCUT2D eigenvalue weighted by atomic mass is 16.5. The molecule has 0 aromatic heterocycles. The average molecular weight is 915 g/mol. The monoisotopic (exact) mass is 914 g/mol. The number of carbonyl (C=O) groups is 2. The Morgan fingerprint density at radius 3 is 1.22 bits per heavy atom. The topological polar surface area (TPSA) is 95.9 Å². The van der Waals surface area contributed by atoms with Gasteiger partial charge >= 0.3 is 5.97 Å². The van der Waals surface area contributed by atoms with E-state index in [0.717, 1.165) is 51.4 Å². The summed E-state index contributed by atoms with van der Waals surface area (Å²) < 4.78 is 5.46. The molecule has 0 aromatic carbocycles. The molecule has 2 unspecified atom stereocenters. The summed E-state index contributed by atoms with van der Waals surface area (Å²) in [7, 11) is 0. The fourth-order valence-corrected chi connectivity index (χ4v) is 8.71. The Morgan fingerprint density at radius 2 is 0.785 bits per heavy atom. The largest absolute Gasteiger partial charge is 0.466 e. The van der Waals surface area contributed by atoms with Gasteiger partial charge in [-0.15, -0.1) is 0 Å². The fourth-order valence-electron chi connectivity index (χ4n) is 8.71. The number of ether oxygens (including phenoxy) is 1. The van der Waals surface area contributed by atoms with Crippen molar-refractivity contribution < 1.29 is 24.5 Å². The van der Waals surface area contributed by atoms with E-state index in [4.69, 9.17) is 4.74 Å². The van der Waals surface area contributed by atoms with Gasteiger partial charge in [0, 0.05) is 12.8 Å². The van der Waals surface area contributed by atoms with Gasteiger partial charge < -0.3 is 20.3 Å². The number of aliphatic hydroxyl groups excluding tert-OH is 2. The van der Waals surface area contributed by atoms with Crippen LogP contribution < -0.4 is 5.32 Å². The molecule has 3 N–H and O–H groups in total. The second kappa shape index (κ2) is 54.7. The quantitative estimate of drug-likeness (QED) is 0.0321. The third-order valence-electron chi connectivity index (χ3n) is 13.2. The smallest absolute Gasteiger partial charge is 0.305 e. The Bertz CT molecular complexity index is 1060. The lowest BCUT2D eigenvalue weighted by molar-refractivity contribution is -0.143. The maximum atomic E-state index is 12.5. The Hall–Kier alpha value is -1.92. The second-order valence-corrected chi connectivity index (χ2v) is 19.6. The van der Waals surface area contributed by atoms with Gasteiger partial charge in [0.05, 0.1) is 25.4 Å². The van der Waals surface area contributed by atoms with Crippen molar-refractivity contribution in [2.45, 2.75) is 315 Å². The Morgan fingerprint density at radius 1 is 0.431 bits per heavy atom. The lowest BCUT2D eigenvalue weighted by Crippen LogP contribution is -2.45. The first-order valence-corrected chi connectivity index (χ1v) is 28.8. The van der Waals surface area contributed by atoms with Crippen molar-refractivity contribution in [2.24, 2.45) is 0 Å². The van der Waals surface area contributed by atoms with Gasteiger partial charge in [-0.25, -0.2) is 0 Å². The van der Waals surface area contributed by atoms with Crippen LogP contribution in [0.25, 0.3) is 0 Å². The molecule has 0 saturated carbocycles. The van der Waals surface area contributed by atoms with E-state index < -0.39 is 12.1 Å². The summed E-state index contributed by atoms with van der Waals surface area (Å²) in [4.78, 5) is 24.5. The summed E-state index contributed by atoms with van der Waals surface area (Å²) >= 11 is 0. The molecule has 6 nitrogen and oxygen atoms in total. The van der Waals surface area contributed by atoms with Gasteiger partial charge in [0.1, 0.15) is 0 Å². The van der Waals surface area contributed by atoms with Crippen molar-refractivity contribution in [3.8, 4) is 0 Å². The van der Waals surface area contributed by atoms with Gasteiger partial charge in [0.15, 0.2) is 0 Å². The third kappa shape index (κ3) is 51.3. The predicted molar refractivity (Wildman–Crippen MR) is 283 cm³/mol. The molecule has 0 spiro atoms. The van der Waals surface area contributed by atoms with E-state index in [1.807, 2.05) is 6.08 Å². The molecular formula is C59H111NO5. The van der Waals surface area contributed by atoms with Gasteiger partial charge in [0.2, 0.25) is 5.91 Å². The van der Waals surface area contributed by atoms with Gasteiger partial charge in [-0.05, 0) is 57.8 Å². The number of amides is 1. The summed E-state index contributed by atoms with van der Waals surface area (Å²) in [5, 5.41) is 23.1. The van der Waals surface area contributed by atoms with Crippen LogP contribution in [0.5, 0.6) is 0 Å². The molecule has 382 valence electrons. The number of hydrogen-bond acceptors (Lipinski definition) is 5. The van der Waals surface area contributed by atoms with Crippen LogP contribution in [-0.4, -0.2) is 47.4 Å². The summed E-state index contributed by atoms with van der Waals surface area (Å²) in [6.45, 7) is 4.85. The molecule has 0 aliphatic carbocycles. The number of carbonyl (C=O) groups excluding carboxylic acids is 2. The SMILES string of the molecule is CCCC/C=C\C/C=C\CCCCCCCC(=O)OCCCCCCCCCCCCCCCCCCCC(=O)NC(CO)C(O)/C=C/CCCCCCCCCCCCCCCCC. The minimum atomic E-state index is -0.849. The van der Waals surface area contributed by atoms with Crippen LogP contribution in [-0.2, 0) is 14.3 Å². The maximum Gasteiger partial charge on any atom is 0.305 e. The van der Waals surface area contributed by atoms with Crippen LogP contribution in [0.15, 0.2) is 36.5 Å². The van der Waals surface area contributed by atoms with E-state index in [0.29, 0.717) is 19.4 Å². The highest BCUT2D eigenvalue weighted by Gasteiger charge is 2.18. The van der Waals surface area contributed by atoms with E-state index in [1.54, 1.807) is 6.08 Å². The van der Waals surface area contributed by atoms with Crippen molar-refractivity contribution in [3.05, 3.63) is 36.5 Å². The van der Waals surface area contributed by atoms with Gasteiger partial charge in [0.25, 0.3) is 0 Å². The molecule has 2 atom stereocenters. The highest BCUT2D eigenvalue weighted by molar-refractivity contribution is 5.76. The maximum absolute atomic E-state index is 12.5. The molecule has 0 saturated heterocycles. The number of hydrogen-bond donors (Lipinski definition) is 3. The highest BCUT2D eigenvalue weighted by Crippen LogP contribution is 2.17. The van der Waals surface area contributed by atoms with E-state index in [9.17, 15) is 19.8 Å². The first kappa shape index (κ1) is 63.1. The molecule has 0 aliphatic heterocycles. The van der Waals surface area contributed by atoms with Crippen LogP contribution in [0.4, 0.5) is 0 Å². The molecule has 1 amide bonds. The zero-order chi connectivity index (χ0) is 47.2. The van der Waals surface area contributed by atoms with Crippen molar-refractivity contribution >= 4 is 11.9 Å². The van der Waals surface area contributed by atoms with Crippen molar-refractivity contribution in [2.75, 3.05) is 13.2 Å². The summed E-state index contributed by atoms with van der Waals surface area (Å²) in [6.07, 6.45) is 67.3. The standard InChI is InChI=1S/C59H111NO5/c1-3-5-7-9-11-13-15-17-19-21-24-27-31-35-39-43-47-51-57(62)56(55-61)60-58(63)52-48-44-40-36-32-28-25-22-20-23-26-30-34-38-42-46-50-54-65-59(64)53-49-45-41-37-33-29-18-16-14-12-10-8-6-4-2/h10,12,16,18,47,51,56-57,61-62H,3-9,11,13-15,17,19-46,48-50,52-55H2,1-2H3,(H,60,63)/b12-10-,18-16-,51-47+. The number of rotatable bonds is 53. The number of nitrogens with one attached hydrogen (secondary N) is 1. The van der Waals surface area contributed by atoms with Crippen LogP contribution in [0.2, 0.25) is 0 Å². The molecule has 0 bridgehead atoms. The molecule has 65 heavy (non-hydrogen) atoms. The molecule has 0 heterocycles. The van der Waals surface area contributed by atoms with Gasteiger partial charge in [-0.1, -0.05) is 269 Å². The van der Waals surface area contributed by atoms with E-state index in [-0.39, 0.29) is 18.5 Å². The minimum Gasteiger partial charge on any atom is -0.466 e. The molecule has 6 heteroatoms. The Labute approximate surface area is 404 Å². The summed E-state index contributed by atoms with van der Waals surface area (Å²) in [5.41, 5.74) is 0. The summed E-state index contributed by atoms with van der Waals surface area (Å²) in [6, 6.07) is -0.633. The Balaban J connectivity index is 3.46. The number of allylic oxidation sites excluding steroid dienone is 5. The van der Waals surface area contributed by atoms with Crippen LogP contribution in [0.1, 0.15) is 303 Å². The predicted octanol–water partition coefficient (Wildman–Crippen LogP) is 17.6. The lowest BCUT2D eigenvalue weighted by Gasteiger charge is -2.20. The first-order chi connectivity index (χ1) is 32.0. The van der Waals surface area contributed by atoms with Crippen LogP contribution in [0, 0.1) is 0 Å². The van der Waals surface area contributed by atoms with Gasteiger partial charge in [-0.2, -0.15) is 0 Å². The molecule has 0 rings (SSSR count). The number of aliphatic hydroxyl groups is 2. The second-order valence-electron chi connectivity index (χ2n) is 19.6. The summed E-state index contributed by atoms with van der Waals surface area (Å²) in [5.74, 6) is -0.0828. The normalized spacial score (nSPS) is 12.9. The van der Waals surface area contributed by atoms with Crippen LogP contribution >= 0.6 is 0 Å². The number of unbranched alkanes of at least 4 members (excludes halogenated alkanes) is 38. The lowest BCUT2D eigenvalue weighted by atomic mass is 10.0. The van der Waals surface area contributed by atoms with E-state index >= 15 is 0 Å². The third-order valence-corrected chi connectivity index (χ3v) is 13.2. The molecular weight excluding hydrogens is 803 g/mol. The van der Waals surface area contributed by atoms with E-state index in [1.165, 1.54) is 225 Å². The van der Waals surface area contributed by atoms with Gasteiger partial charge in [-0.3, -0.25) is 9.59 Å². The fraction of sp³-hybridized carbons (Fsp3) is 0.864. The molecule has 0 aromatic rings. The molecule has 0 radical (unpaired) electrons. The van der Waals surface area contributed by atoms with Crippen molar-refractivity contribution in [1.82, 2.24) is 5.32 Å². The Kier molecular flexibility index (Phi) is 53.1. The van der Waals surface area contributed by atoms with Crippen LogP contribution in [0.3, 0.4) is 0 Å². The molecule has 0 fully saturated rings. The minimum absolute atomic E-state index is 0.0103. The number of esters is 1. The van der Waals surface area contributed by atoms with Crippen molar-refractivity contribution in [3.63, 3.8) is 0 Å². The molecule has 0 aliphatic rings. The zero-order valence-electron chi connectivity index (χ0n) is 43.5. The zero-order valence-corrected chi connectivity index (χ0v) is 43.5. The first-order valence-electron chi connectivity index (χ1n) is 28.8. The average Bonchev–Trinajstić information content (AvgIpc) is 3.31.